The van der Waals surface area contributed by atoms with Gasteiger partial charge in [-0.1, -0.05) is 0 Å². The highest BCUT2D eigenvalue weighted by atomic mass is 16.2. The van der Waals surface area contributed by atoms with Crippen molar-refractivity contribution >= 4 is 17.7 Å². The first kappa shape index (κ1) is 16.7. The Balaban J connectivity index is 1.85. The summed E-state index contributed by atoms with van der Waals surface area (Å²) in [5.41, 5.74) is 5.90. The molecule has 0 aromatic carbocycles. The first-order valence-corrected chi connectivity index (χ1v) is 8.05. The fourth-order valence-corrected chi connectivity index (χ4v) is 3.11. The molecule has 7 nitrogen and oxygen atoms in total. The van der Waals surface area contributed by atoms with E-state index in [-0.39, 0.29) is 18.5 Å². The number of likely N-dealkylation sites (N-methyl/N-ethyl adjacent to an activating group) is 1. The number of carbonyl (C=O) groups is 3. The fourth-order valence-electron chi connectivity index (χ4n) is 3.11. The number of hydrogen-bond donors (Lipinski definition) is 1. The van der Waals surface area contributed by atoms with Crippen molar-refractivity contribution in [2.24, 2.45) is 11.7 Å². The second kappa shape index (κ2) is 7.09. The molecular weight excluding hydrogens is 284 g/mol. The summed E-state index contributed by atoms with van der Waals surface area (Å²) in [6, 6.07) is 0.151. The summed E-state index contributed by atoms with van der Waals surface area (Å²) in [5, 5.41) is 0. The third-order valence-electron chi connectivity index (χ3n) is 4.74. The zero-order valence-electron chi connectivity index (χ0n) is 13.5. The molecule has 0 aliphatic carbocycles. The van der Waals surface area contributed by atoms with Crippen molar-refractivity contribution in [1.82, 2.24) is 14.7 Å². The predicted octanol–water partition coefficient (Wildman–Crippen LogP) is -0.737. The molecule has 2 heterocycles. The number of piperazine rings is 1. The second-order valence-electron chi connectivity index (χ2n) is 6.19. The zero-order chi connectivity index (χ0) is 16.3. The second-order valence-corrected chi connectivity index (χ2v) is 6.19. The van der Waals surface area contributed by atoms with E-state index < -0.39 is 11.8 Å². The fraction of sp³-hybridized carbons (Fsp3) is 0.800. The van der Waals surface area contributed by atoms with Gasteiger partial charge in [0, 0.05) is 38.8 Å². The van der Waals surface area contributed by atoms with Crippen LogP contribution in [-0.2, 0) is 14.4 Å². The Morgan fingerprint density at radius 1 is 1.14 bits per heavy atom. The van der Waals surface area contributed by atoms with Crippen LogP contribution in [0.3, 0.4) is 0 Å². The molecule has 0 radical (unpaired) electrons. The minimum Gasteiger partial charge on any atom is -0.341 e. The number of nitrogens with zero attached hydrogens (tertiary/aromatic N) is 3. The number of likely N-dealkylation sites (tertiary alicyclic amines) is 1. The summed E-state index contributed by atoms with van der Waals surface area (Å²) in [6.07, 6.45) is 1.81. The third-order valence-corrected chi connectivity index (χ3v) is 4.74. The van der Waals surface area contributed by atoms with Crippen LogP contribution in [-0.4, -0.2) is 77.7 Å². The molecule has 3 amide bonds. The molecule has 124 valence electrons. The van der Waals surface area contributed by atoms with Crippen LogP contribution in [0.5, 0.6) is 0 Å². The van der Waals surface area contributed by atoms with Crippen LogP contribution in [0.1, 0.15) is 26.7 Å². The normalized spacial score (nSPS) is 22.2. The molecule has 1 atom stereocenters. The molecule has 2 N–H and O–H groups in total. The molecule has 0 aromatic heterocycles. The largest absolute Gasteiger partial charge is 0.341 e. The average molecular weight is 310 g/mol. The molecule has 2 aliphatic heterocycles. The Bertz CT molecular complexity index is 444. The van der Waals surface area contributed by atoms with Crippen LogP contribution in [0.2, 0.25) is 0 Å². The molecular formula is C15H26N4O3. The van der Waals surface area contributed by atoms with E-state index in [1.54, 1.807) is 4.90 Å². The Kier molecular flexibility index (Phi) is 5.39. The maximum atomic E-state index is 12.3. The van der Waals surface area contributed by atoms with Gasteiger partial charge in [0.15, 0.2) is 0 Å². The molecule has 1 unspecified atom stereocenters. The molecule has 0 saturated carbocycles. The SMILES string of the molecule is CCN1CCN(CC(=O)N2CCC(C(C)N)CC2)C(=O)C1=O. The van der Waals surface area contributed by atoms with Crippen molar-refractivity contribution in [1.29, 1.82) is 0 Å². The molecule has 22 heavy (non-hydrogen) atoms. The van der Waals surface area contributed by atoms with Crippen LogP contribution in [0.4, 0.5) is 0 Å². The topological polar surface area (TPSA) is 86.9 Å². The van der Waals surface area contributed by atoms with Gasteiger partial charge in [-0.05, 0) is 32.6 Å². The van der Waals surface area contributed by atoms with Crippen LogP contribution in [0, 0.1) is 5.92 Å². The van der Waals surface area contributed by atoms with Gasteiger partial charge in [-0.25, -0.2) is 0 Å². The molecule has 2 fully saturated rings. The number of hydrogen-bond acceptors (Lipinski definition) is 4. The van der Waals surface area contributed by atoms with Crippen molar-refractivity contribution in [3.63, 3.8) is 0 Å². The number of amides is 3. The number of piperidine rings is 1. The maximum absolute atomic E-state index is 12.3. The third kappa shape index (κ3) is 3.58. The van der Waals surface area contributed by atoms with Gasteiger partial charge in [0.25, 0.3) is 0 Å². The van der Waals surface area contributed by atoms with E-state index in [2.05, 4.69) is 0 Å². The molecule has 0 spiro atoms. The number of nitrogens with two attached hydrogens (primary N) is 1. The van der Waals surface area contributed by atoms with E-state index in [0.717, 1.165) is 12.8 Å². The first-order valence-electron chi connectivity index (χ1n) is 8.05. The van der Waals surface area contributed by atoms with Crippen molar-refractivity contribution in [3.8, 4) is 0 Å². The molecule has 2 saturated heterocycles. The standard InChI is InChI=1S/C15H26N4O3/c1-3-17-8-9-19(15(22)14(17)21)10-13(20)18-6-4-12(5-7-18)11(2)16/h11-12H,3-10,16H2,1-2H3. The molecule has 7 heteroatoms. The summed E-state index contributed by atoms with van der Waals surface area (Å²) >= 11 is 0. The van der Waals surface area contributed by atoms with Crippen LogP contribution >= 0.6 is 0 Å². The summed E-state index contributed by atoms with van der Waals surface area (Å²) in [5.74, 6) is -0.682. The lowest BCUT2D eigenvalue weighted by Gasteiger charge is -2.36. The van der Waals surface area contributed by atoms with E-state index in [1.165, 1.54) is 9.80 Å². The van der Waals surface area contributed by atoms with Gasteiger partial charge < -0.3 is 20.4 Å². The molecule has 2 aliphatic rings. The van der Waals surface area contributed by atoms with Crippen LogP contribution < -0.4 is 5.73 Å². The monoisotopic (exact) mass is 310 g/mol. The van der Waals surface area contributed by atoms with Crippen molar-refractivity contribution < 1.29 is 14.4 Å². The Morgan fingerprint density at radius 3 is 2.23 bits per heavy atom. The van der Waals surface area contributed by atoms with E-state index in [1.807, 2.05) is 13.8 Å². The van der Waals surface area contributed by atoms with E-state index in [4.69, 9.17) is 5.73 Å². The quantitative estimate of drug-likeness (QED) is 0.693. The molecule has 2 rings (SSSR count). The lowest BCUT2D eigenvalue weighted by Crippen LogP contribution is -2.56. The van der Waals surface area contributed by atoms with Crippen molar-refractivity contribution in [2.75, 3.05) is 39.3 Å². The summed E-state index contributed by atoms with van der Waals surface area (Å²) in [4.78, 5) is 40.8. The van der Waals surface area contributed by atoms with E-state index in [0.29, 0.717) is 38.6 Å². The van der Waals surface area contributed by atoms with Crippen LogP contribution in [0.15, 0.2) is 0 Å². The van der Waals surface area contributed by atoms with Crippen LogP contribution in [0.25, 0.3) is 0 Å². The minimum atomic E-state index is -0.563. The Morgan fingerprint density at radius 2 is 1.68 bits per heavy atom. The Hall–Kier alpha value is -1.63. The number of carbonyl (C=O) groups excluding carboxylic acids is 3. The van der Waals surface area contributed by atoms with Gasteiger partial charge in [0.1, 0.15) is 6.54 Å². The first-order chi connectivity index (χ1) is 10.4. The number of rotatable bonds is 4. The minimum absolute atomic E-state index is 0.00493. The molecule has 0 bridgehead atoms. The zero-order valence-corrected chi connectivity index (χ0v) is 13.5. The lowest BCUT2D eigenvalue weighted by molar-refractivity contribution is -0.157. The highest BCUT2D eigenvalue weighted by molar-refractivity contribution is 6.35. The van der Waals surface area contributed by atoms with Gasteiger partial charge in [0.2, 0.25) is 5.91 Å². The summed E-state index contributed by atoms with van der Waals surface area (Å²) < 4.78 is 0. The van der Waals surface area contributed by atoms with E-state index >= 15 is 0 Å². The van der Waals surface area contributed by atoms with E-state index in [9.17, 15) is 14.4 Å². The summed E-state index contributed by atoms with van der Waals surface area (Å²) in [7, 11) is 0. The maximum Gasteiger partial charge on any atom is 0.312 e. The highest BCUT2D eigenvalue weighted by Crippen LogP contribution is 2.19. The predicted molar refractivity (Wildman–Crippen MR) is 81.8 cm³/mol. The van der Waals surface area contributed by atoms with Crippen molar-refractivity contribution in [2.45, 2.75) is 32.7 Å². The Labute approximate surface area is 131 Å². The van der Waals surface area contributed by atoms with Crippen molar-refractivity contribution in [3.05, 3.63) is 0 Å². The smallest absolute Gasteiger partial charge is 0.312 e. The summed E-state index contributed by atoms with van der Waals surface area (Å²) in [6.45, 7) is 6.67. The van der Waals surface area contributed by atoms with Gasteiger partial charge in [-0.15, -0.1) is 0 Å². The van der Waals surface area contributed by atoms with Gasteiger partial charge in [-0.2, -0.15) is 0 Å². The highest BCUT2D eigenvalue weighted by Gasteiger charge is 2.34. The lowest BCUT2D eigenvalue weighted by atomic mass is 9.91. The van der Waals surface area contributed by atoms with Gasteiger partial charge in [-0.3, -0.25) is 14.4 Å². The van der Waals surface area contributed by atoms with Gasteiger partial charge >= 0.3 is 11.8 Å². The molecule has 0 aromatic rings. The van der Waals surface area contributed by atoms with Gasteiger partial charge in [0.05, 0.1) is 0 Å². The average Bonchev–Trinajstić information content (AvgIpc) is 2.52.